The Hall–Kier alpha value is -5.03. The minimum atomic E-state index is -0.0708. The van der Waals surface area contributed by atoms with E-state index in [1.807, 2.05) is 78.9 Å². The Kier molecular flexibility index (Phi) is 6.24. The number of aryl methyl sites for hydroxylation is 1. The smallest absolute Gasteiger partial charge is 0.246 e. The number of rotatable bonds is 6. The lowest BCUT2D eigenvalue weighted by Gasteiger charge is -2.11. The van der Waals surface area contributed by atoms with Gasteiger partial charge in [0.15, 0.2) is 0 Å². The monoisotopic (exact) mass is 495 g/mol. The summed E-state index contributed by atoms with van der Waals surface area (Å²) in [7, 11) is 0. The van der Waals surface area contributed by atoms with Crippen LogP contribution >= 0.6 is 0 Å². The maximum Gasteiger partial charge on any atom is 0.246 e. The fourth-order valence-electron chi connectivity index (χ4n) is 4.62. The van der Waals surface area contributed by atoms with Gasteiger partial charge in [-0.25, -0.2) is 0 Å². The largest absolute Gasteiger partial charge is 0.437 e. The van der Waals surface area contributed by atoms with Crippen molar-refractivity contribution >= 4 is 33.1 Å². The predicted molar refractivity (Wildman–Crippen MR) is 153 cm³/mol. The molecule has 1 heterocycles. The Bertz CT molecular complexity index is 1760. The van der Waals surface area contributed by atoms with Crippen molar-refractivity contribution < 1.29 is 9.53 Å². The number of carbonyl (C=O) groups excluding carboxylic acids is 1. The molecule has 0 aliphatic heterocycles. The van der Waals surface area contributed by atoms with Crippen LogP contribution in [0.3, 0.4) is 0 Å². The zero-order valence-corrected chi connectivity index (χ0v) is 20.9. The number of carbonyl (C=O) groups is 1. The molecule has 0 atom stereocenters. The van der Waals surface area contributed by atoms with E-state index in [-0.39, 0.29) is 5.91 Å². The number of anilines is 1. The number of hydrogen-bond donors (Lipinski definition) is 1. The molecular weight excluding hydrogens is 470 g/mol. The van der Waals surface area contributed by atoms with Crippen molar-refractivity contribution in [2.75, 3.05) is 5.32 Å². The first kappa shape index (κ1) is 23.4. The highest BCUT2D eigenvalue weighted by Gasteiger charge is 2.13. The highest BCUT2D eigenvalue weighted by atomic mass is 16.5. The summed E-state index contributed by atoms with van der Waals surface area (Å²) in [4.78, 5) is 12.8. The van der Waals surface area contributed by atoms with Gasteiger partial charge in [-0.1, -0.05) is 90.5 Å². The first-order valence-corrected chi connectivity index (χ1v) is 12.5. The van der Waals surface area contributed by atoms with Crippen LogP contribution in [-0.4, -0.2) is 16.1 Å². The molecule has 184 valence electrons. The van der Waals surface area contributed by atoms with Gasteiger partial charge in [0.25, 0.3) is 0 Å². The van der Waals surface area contributed by atoms with Crippen LogP contribution in [0, 0.1) is 6.92 Å². The zero-order chi connectivity index (χ0) is 25.9. The molecule has 0 saturated carbocycles. The van der Waals surface area contributed by atoms with E-state index in [1.54, 1.807) is 0 Å². The molecule has 5 aromatic carbocycles. The Morgan fingerprint density at radius 1 is 0.711 bits per heavy atom. The minimum absolute atomic E-state index is 0.0708. The summed E-state index contributed by atoms with van der Waals surface area (Å²) in [5, 5.41) is 15.9. The van der Waals surface area contributed by atoms with Crippen molar-refractivity contribution in [2.24, 2.45) is 0 Å². The lowest BCUT2D eigenvalue weighted by Crippen LogP contribution is -2.14. The molecule has 5 heteroatoms. The number of hydrogen-bond acceptors (Lipinski definition) is 4. The van der Waals surface area contributed by atoms with Crippen LogP contribution in [0.2, 0.25) is 0 Å². The molecule has 0 saturated heterocycles. The van der Waals surface area contributed by atoms with Crippen LogP contribution in [-0.2, 0) is 11.2 Å². The quantitative estimate of drug-likeness (QED) is 0.257. The van der Waals surface area contributed by atoms with Crippen LogP contribution in [0.5, 0.6) is 11.6 Å². The van der Waals surface area contributed by atoms with Gasteiger partial charge in [-0.2, -0.15) is 0 Å². The first-order valence-electron chi connectivity index (χ1n) is 12.5. The third-order valence-electron chi connectivity index (χ3n) is 6.56. The Balaban J connectivity index is 1.18. The van der Waals surface area contributed by atoms with Gasteiger partial charge in [-0.05, 0) is 53.6 Å². The lowest BCUT2D eigenvalue weighted by atomic mass is 10.0. The topological polar surface area (TPSA) is 64.1 Å². The Labute approximate surface area is 220 Å². The summed E-state index contributed by atoms with van der Waals surface area (Å²) in [6.07, 6.45) is 0.300. The molecule has 1 N–H and O–H groups in total. The third-order valence-corrected chi connectivity index (χ3v) is 6.56. The van der Waals surface area contributed by atoms with E-state index in [1.165, 1.54) is 5.56 Å². The van der Waals surface area contributed by atoms with Crippen molar-refractivity contribution in [3.8, 4) is 22.9 Å². The fourth-order valence-corrected chi connectivity index (χ4v) is 4.62. The highest BCUT2D eigenvalue weighted by Crippen LogP contribution is 2.33. The van der Waals surface area contributed by atoms with E-state index in [2.05, 4.69) is 58.8 Å². The van der Waals surface area contributed by atoms with Gasteiger partial charge < -0.3 is 10.1 Å². The first-order chi connectivity index (χ1) is 18.6. The summed E-state index contributed by atoms with van der Waals surface area (Å²) < 4.78 is 6.12. The number of aromatic nitrogens is 2. The van der Waals surface area contributed by atoms with Gasteiger partial charge in [-0.3, -0.25) is 4.79 Å². The van der Waals surface area contributed by atoms with Gasteiger partial charge in [0.05, 0.1) is 6.42 Å². The van der Waals surface area contributed by atoms with E-state index in [0.29, 0.717) is 23.7 Å². The average Bonchev–Trinajstić information content (AvgIpc) is 2.95. The molecule has 0 aliphatic carbocycles. The number of amides is 1. The second-order valence-electron chi connectivity index (χ2n) is 9.26. The molecule has 0 fully saturated rings. The van der Waals surface area contributed by atoms with Crippen molar-refractivity contribution in [1.29, 1.82) is 0 Å². The van der Waals surface area contributed by atoms with E-state index in [4.69, 9.17) is 4.74 Å². The average molecular weight is 496 g/mol. The van der Waals surface area contributed by atoms with Crippen molar-refractivity contribution in [3.63, 3.8) is 0 Å². The molecule has 38 heavy (non-hydrogen) atoms. The van der Waals surface area contributed by atoms with Crippen LogP contribution in [0.25, 0.3) is 32.8 Å². The molecule has 0 radical (unpaired) electrons. The minimum Gasteiger partial charge on any atom is -0.437 e. The number of nitrogens with one attached hydrogen (secondary N) is 1. The van der Waals surface area contributed by atoms with Gasteiger partial charge in [-0.15, -0.1) is 10.2 Å². The number of benzene rings is 5. The molecule has 0 aliphatic rings. The molecule has 0 spiro atoms. The molecule has 5 nitrogen and oxygen atoms in total. The molecule has 1 amide bonds. The molecule has 0 bridgehead atoms. The number of nitrogens with zero attached hydrogens (tertiary/aromatic N) is 2. The van der Waals surface area contributed by atoms with E-state index in [0.717, 1.165) is 38.4 Å². The van der Waals surface area contributed by atoms with Crippen molar-refractivity contribution in [1.82, 2.24) is 10.2 Å². The second-order valence-corrected chi connectivity index (χ2v) is 9.26. The van der Waals surface area contributed by atoms with Gasteiger partial charge in [0.1, 0.15) is 11.4 Å². The Morgan fingerprint density at radius 3 is 2.18 bits per heavy atom. The summed E-state index contributed by atoms with van der Waals surface area (Å²) >= 11 is 0. The second kappa shape index (κ2) is 10.1. The molecular formula is C33H25N3O2. The molecule has 0 unspecified atom stereocenters. The lowest BCUT2D eigenvalue weighted by molar-refractivity contribution is -0.115. The summed E-state index contributed by atoms with van der Waals surface area (Å²) in [5.74, 6) is 0.974. The molecule has 1 aromatic heterocycles. The van der Waals surface area contributed by atoms with Crippen molar-refractivity contribution in [2.45, 2.75) is 13.3 Å². The number of ether oxygens (including phenoxy) is 1. The molecule has 6 rings (SSSR count). The zero-order valence-electron chi connectivity index (χ0n) is 20.9. The Morgan fingerprint density at radius 2 is 1.39 bits per heavy atom. The van der Waals surface area contributed by atoms with Crippen LogP contribution in [0.1, 0.15) is 11.1 Å². The molecule has 6 aromatic rings. The van der Waals surface area contributed by atoms with Gasteiger partial charge in [0.2, 0.25) is 11.8 Å². The summed E-state index contributed by atoms with van der Waals surface area (Å²) in [6.45, 7) is 2.06. The van der Waals surface area contributed by atoms with Gasteiger partial charge in [0, 0.05) is 22.0 Å². The van der Waals surface area contributed by atoms with Gasteiger partial charge >= 0.3 is 0 Å². The standard InChI is InChI=1S/C33H25N3O2/c1-22-13-15-24(16-14-22)32-29-11-4-5-12-30(29)33(36-35-32)38-27-19-17-26(18-20-27)34-31(37)21-25-9-6-8-23-7-2-3-10-28(23)25/h2-20H,21H2,1H3,(H,34,37). The van der Waals surface area contributed by atoms with E-state index in [9.17, 15) is 4.79 Å². The van der Waals surface area contributed by atoms with E-state index >= 15 is 0 Å². The van der Waals surface area contributed by atoms with Crippen LogP contribution < -0.4 is 10.1 Å². The maximum absolute atomic E-state index is 12.8. The third kappa shape index (κ3) is 4.82. The number of fused-ring (bicyclic) bond motifs is 2. The predicted octanol–water partition coefficient (Wildman–Crippen LogP) is 7.73. The highest BCUT2D eigenvalue weighted by molar-refractivity contribution is 5.97. The van der Waals surface area contributed by atoms with Crippen molar-refractivity contribution in [3.05, 3.63) is 126 Å². The van der Waals surface area contributed by atoms with Crippen LogP contribution in [0.15, 0.2) is 115 Å². The SMILES string of the molecule is Cc1ccc(-c2nnc(Oc3ccc(NC(=O)Cc4cccc5ccccc45)cc3)c3ccccc23)cc1. The normalized spacial score (nSPS) is 11.0. The van der Waals surface area contributed by atoms with E-state index < -0.39 is 0 Å². The summed E-state index contributed by atoms with van der Waals surface area (Å²) in [6, 6.07) is 37.6. The maximum atomic E-state index is 12.8. The van der Waals surface area contributed by atoms with Crippen LogP contribution in [0.4, 0.5) is 5.69 Å². The fraction of sp³-hybridized carbons (Fsp3) is 0.0606. The summed E-state index contributed by atoms with van der Waals surface area (Å²) in [5.41, 5.74) is 4.72.